The van der Waals surface area contributed by atoms with Crippen LogP contribution < -0.4 is 4.90 Å². The molecule has 0 radical (unpaired) electrons. The molecule has 4 heteroatoms. The molecule has 0 unspecified atom stereocenters. The van der Waals surface area contributed by atoms with E-state index >= 15 is 0 Å². The summed E-state index contributed by atoms with van der Waals surface area (Å²) in [5, 5.41) is 9.07. The molecule has 2 rings (SSSR count). The number of rotatable bonds is 3. The highest BCUT2D eigenvalue weighted by molar-refractivity contribution is 5.69. The highest BCUT2D eigenvalue weighted by Crippen LogP contribution is 2.28. The average Bonchev–Trinajstić information content (AvgIpc) is 2.43. The standard InChI is InChI=1S/C15H12F2N2/c1-2-19(14-6-3-12(16)4-7-14)15-8-5-13(17)9-11(15)10-18/h3-9H,2H2,1H3. The van der Waals surface area contributed by atoms with Crippen LogP contribution in [0.4, 0.5) is 20.2 Å². The molecule has 0 atom stereocenters. The van der Waals surface area contributed by atoms with Crippen LogP contribution in [0, 0.1) is 23.0 Å². The Kier molecular flexibility index (Phi) is 3.76. The second-order valence-electron chi connectivity index (χ2n) is 3.99. The van der Waals surface area contributed by atoms with Gasteiger partial charge in [-0.1, -0.05) is 0 Å². The van der Waals surface area contributed by atoms with Crippen LogP contribution in [-0.4, -0.2) is 6.54 Å². The molecule has 0 aliphatic carbocycles. The van der Waals surface area contributed by atoms with Crippen LogP contribution in [0.5, 0.6) is 0 Å². The predicted molar refractivity (Wildman–Crippen MR) is 70.2 cm³/mol. The van der Waals surface area contributed by atoms with Gasteiger partial charge in [0.15, 0.2) is 0 Å². The van der Waals surface area contributed by atoms with Crippen molar-refractivity contribution < 1.29 is 8.78 Å². The molecule has 2 aromatic carbocycles. The first-order chi connectivity index (χ1) is 9.15. The fourth-order valence-corrected chi connectivity index (χ4v) is 1.95. The lowest BCUT2D eigenvalue weighted by atomic mass is 10.1. The first-order valence-electron chi connectivity index (χ1n) is 5.88. The first-order valence-corrected chi connectivity index (χ1v) is 5.88. The monoisotopic (exact) mass is 258 g/mol. The quantitative estimate of drug-likeness (QED) is 0.832. The van der Waals surface area contributed by atoms with Crippen molar-refractivity contribution >= 4 is 11.4 Å². The molecule has 0 fully saturated rings. The van der Waals surface area contributed by atoms with Gasteiger partial charge in [0.2, 0.25) is 0 Å². The number of halogens is 2. The highest BCUT2D eigenvalue weighted by atomic mass is 19.1. The van der Waals surface area contributed by atoms with Gasteiger partial charge in [-0.25, -0.2) is 8.78 Å². The minimum Gasteiger partial charge on any atom is -0.341 e. The van der Waals surface area contributed by atoms with E-state index in [1.807, 2.05) is 17.9 Å². The summed E-state index contributed by atoms with van der Waals surface area (Å²) in [6, 6.07) is 12.0. The Balaban J connectivity index is 2.48. The molecule has 0 amide bonds. The van der Waals surface area contributed by atoms with E-state index in [1.165, 1.54) is 24.3 Å². The average molecular weight is 258 g/mol. The summed E-state index contributed by atoms with van der Waals surface area (Å²) >= 11 is 0. The number of hydrogen-bond acceptors (Lipinski definition) is 2. The highest BCUT2D eigenvalue weighted by Gasteiger charge is 2.12. The van der Waals surface area contributed by atoms with Gasteiger partial charge >= 0.3 is 0 Å². The number of nitriles is 1. The summed E-state index contributed by atoms with van der Waals surface area (Å²) in [6.45, 7) is 2.50. The second-order valence-corrected chi connectivity index (χ2v) is 3.99. The van der Waals surface area contributed by atoms with Crippen LogP contribution in [0.15, 0.2) is 42.5 Å². The molecule has 0 spiro atoms. The number of benzene rings is 2. The summed E-state index contributed by atoms with van der Waals surface area (Å²) in [6.07, 6.45) is 0. The van der Waals surface area contributed by atoms with Crippen molar-refractivity contribution in [2.75, 3.05) is 11.4 Å². The predicted octanol–water partition coefficient (Wildman–Crippen LogP) is 3.99. The maximum Gasteiger partial charge on any atom is 0.124 e. The SMILES string of the molecule is CCN(c1ccc(F)cc1)c1ccc(F)cc1C#N. The van der Waals surface area contributed by atoms with Gasteiger partial charge in [0.05, 0.1) is 11.3 Å². The van der Waals surface area contributed by atoms with E-state index in [2.05, 4.69) is 0 Å². The largest absolute Gasteiger partial charge is 0.341 e. The van der Waals surface area contributed by atoms with Crippen LogP contribution in [0.2, 0.25) is 0 Å². The maximum atomic E-state index is 13.1. The number of anilines is 2. The Morgan fingerprint density at radius 3 is 2.26 bits per heavy atom. The minimum absolute atomic E-state index is 0.256. The van der Waals surface area contributed by atoms with E-state index in [-0.39, 0.29) is 11.4 Å². The molecule has 0 saturated heterocycles. The number of hydrogen-bond donors (Lipinski definition) is 0. The molecule has 2 nitrogen and oxygen atoms in total. The van der Waals surface area contributed by atoms with Crippen molar-refractivity contribution in [3.05, 3.63) is 59.7 Å². The molecule has 0 aromatic heterocycles. The van der Waals surface area contributed by atoms with Crippen LogP contribution in [0.1, 0.15) is 12.5 Å². The smallest absolute Gasteiger partial charge is 0.124 e. The lowest BCUT2D eigenvalue weighted by Crippen LogP contribution is -2.17. The lowest BCUT2D eigenvalue weighted by Gasteiger charge is -2.24. The molecule has 96 valence electrons. The Bertz CT molecular complexity index is 615. The second kappa shape index (κ2) is 5.49. The first kappa shape index (κ1) is 13.0. The van der Waals surface area contributed by atoms with E-state index in [1.54, 1.807) is 18.2 Å². The van der Waals surface area contributed by atoms with Gasteiger partial charge in [0.25, 0.3) is 0 Å². The normalized spacial score (nSPS) is 10.0. The third-order valence-electron chi connectivity index (χ3n) is 2.82. The lowest BCUT2D eigenvalue weighted by molar-refractivity contribution is 0.627. The Labute approximate surface area is 110 Å². The summed E-state index contributed by atoms with van der Waals surface area (Å²) in [7, 11) is 0. The minimum atomic E-state index is -0.449. The Hall–Kier alpha value is -2.41. The topological polar surface area (TPSA) is 27.0 Å². The third-order valence-corrected chi connectivity index (χ3v) is 2.82. The van der Waals surface area contributed by atoms with Crippen molar-refractivity contribution in [2.24, 2.45) is 0 Å². The molecule has 0 N–H and O–H groups in total. The molecule has 0 heterocycles. The van der Waals surface area contributed by atoms with Crippen molar-refractivity contribution in [1.29, 1.82) is 5.26 Å². The van der Waals surface area contributed by atoms with Gasteiger partial charge in [0.1, 0.15) is 17.7 Å². The van der Waals surface area contributed by atoms with Gasteiger partial charge in [-0.2, -0.15) is 5.26 Å². The van der Waals surface area contributed by atoms with Crippen LogP contribution >= 0.6 is 0 Å². The molecule has 2 aromatic rings. The maximum absolute atomic E-state index is 13.1. The molecule has 0 aliphatic heterocycles. The van der Waals surface area contributed by atoms with E-state index in [0.29, 0.717) is 12.2 Å². The molecule has 0 aliphatic rings. The number of nitrogens with zero attached hydrogens (tertiary/aromatic N) is 2. The van der Waals surface area contributed by atoms with Crippen molar-refractivity contribution in [3.8, 4) is 6.07 Å². The summed E-state index contributed by atoms with van der Waals surface area (Å²) in [4.78, 5) is 1.83. The zero-order chi connectivity index (χ0) is 13.8. The third kappa shape index (κ3) is 2.71. The van der Waals surface area contributed by atoms with Crippen molar-refractivity contribution in [1.82, 2.24) is 0 Å². The van der Waals surface area contributed by atoms with E-state index < -0.39 is 5.82 Å². The van der Waals surface area contributed by atoms with Gasteiger partial charge in [-0.3, -0.25) is 0 Å². The van der Waals surface area contributed by atoms with Gasteiger partial charge in [-0.05, 0) is 49.4 Å². The van der Waals surface area contributed by atoms with Crippen molar-refractivity contribution in [3.63, 3.8) is 0 Å². The zero-order valence-corrected chi connectivity index (χ0v) is 10.4. The summed E-state index contributed by atoms with van der Waals surface area (Å²) in [5.74, 6) is -0.769. The van der Waals surface area contributed by atoms with Gasteiger partial charge in [-0.15, -0.1) is 0 Å². The van der Waals surface area contributed by atoms with E-state index in [9.17, 15) is 8.78 Å². The molecular weight excluding hydrogens is 246 g/mol. The Morgan fingerprint density at radius 1 is 1.05 bits per heavy atom. The summed E-state index contributed by atoms with van der Waals surface area (Å²) < 4.78 is 26.1. The van der Waals surface area contributed by atoms with E-state index in [0.717, 1.165) is 5.69 Å². The van der Waals surface area contributed by atoms with Gasteiger partial charge < -0.3 is 4.90 Å². The van der Waals surface area contributed by atoms with Crippen LogP contribution in [0.3, 0.4) is 0 Å². The molecule has 0 saturated carbocycles. The van der Waals surface area contributed by atoms with Crippen molar-refractivity contribution in [2.45, 2.75) is 6.92 Å². The van der Waals surface area contributed by atoms with Crippen LogP contribution in [0.25, 0.3) is 0 Å². The molecule has 19 heavy (non-hydrogen) atoms. The van der Waals surface area contributed by atoms with Gasteiger partial charge in [0, 0.05) is 12.2 Å². The Morgan fingerprint density at radius 2 is 1.68 bits per heavy atom. The fourth-order valence-electron chi connectivity index (χ4n) is 1.95. The molecule has 0 bridgehead atoms. The molecular formula is C15H12F2N2. The van der Waals surface area contributed by atoms with Crippen LogP contribution in [-0.2, 0) is 0 Å². The van der Waals surface area contributed by atoms with E-state index in [4.69, 9.17) is 5.26 Å². The zero-order valence-electron chi connectivity index (χ0n) is 10.4. The summed E-state index contributed by atoms with van der Waals surface area (Å²) in [5.41, 5.74) is 1.62. The fraction of sp³-hybridized carbons (Fsp3) is 0.133.